The number of carboxylic acids is 1. The lowest BCUT2D eigenvalue weighted by Crippen LogP contribution is -2.19. The summed E-state index contributed by atoms with van der Waals surface area (Å²) in [7, 11) is 1.37. The largest absolute Gasteiger partial charge is 0.748 e. The Bertz CT molecular complexity index is 626. The molecule has 9 heteroatoms. The van der Waals surface area contributed by atoms with Crippen LogP contribution in [0.4, 0.5) is 5.82 Å². The molecule has 0 bridgehead atoms. The smallest absolute Gasteiger partial charge is 0.352 e. The zero-order valence-corrected chi connectivity index (χ0v) is 9.93. The van der Waals surface area contributed by atoms with E-state index in [1.165, 1.54) is 25.4 Å². The lowest BCUT2D eigenvalue weighted by molar-refractivity contribution is 0.0691. The van der Waals surface area contributed by atoms with Gasteiger partial charge >= 0.3 is 5.97 Å². The normalized spacial score (nSPS) is 12.6. The molecule has 2 N–H and O–H groups in total. The number of pyridine rings is 1. The summed E-state index contributed by atoms with van der Waals surface area (Å²) in [6.45, 7) is 0. The van der Waals surface area contributed by atoms with Crippen molar-refractivity contribution in [3.8, 4) is 0 Å². The first-order valence-electron chi connectivity index (χ1n) is 4.71. The molecule has 0 aliphatic rings. The Morgan fingerprint density at radius 3 is 2.94 bits per heavy atom. The first kappa shape index (κ1) is 12.5. The minimum absolute atomic E-state index is 0.0277. The number of H-pyrrole nitrogens is 1. The lowest BCUT2D eigenvalue weighted by Gasteiger charge is -2.17. The summed E-state index contributed by atoms with van der Waals surface area (Å²) < 4.78 is 25.1. The van der Waals surface area contributed by atoms with Crippen LogP contribution in [-0.2, 0) is 15.6 Å². The van der Waals surface area contributed by atoms with Crippen molar-refractivity contribution < 1.29 is 22.9 Å². The van der Waals surface area contributed by atoms with Crippen LogP contribution in [0.2, 0.25) is 0 Å². The van der Waals surface area contributed by atoms with Crippen LogP contribution in [0, 0.1) is 0 Å². The third-order valence-electron chi connectivity index (χ3n) is 2.22. The van der Waals surface area contributed by atoms with Gasteiger partial charge in [-0.05, 0) is 12.1 Å². The maximum Gasteiger partial charge on any atom is 0.352 e. The fourth-order valence-electron chi connectivity index (χ4n) is 1.44. The van der Waals surface area contributed by atoms with Gasteiger partial charge in [-0.3, -0.25) is 0 Å². The Labute approximate surface area is 104 Å². The van der Waals surface area contributed by atoms with Gasteiger partial charge < -0.3 is 14.6 Å². The second-order valence-electron chi connectivity index (χ2n) is 3.39. The molecule has 1 atom stereocenters. The van der Waals surface area contributed by atoms with Gasteiger partial charge in [0.2, 0.25) is 0 Å². The molecule has 0 spiro atoms. The van der Waals surface area contributed by atoms with E-state index in [1.807, 2.05) is 0 Å². The monoisotopic (exact) mass is 270 g/mol. The number of hydrogen-bond acceptors (Lipinski definition) is 6. The zero-order chi connectivity index (χ0) is 13.3. The van der Waals surface area contributed by atoms with Crippen LogP contribution in [0.25, 0.3) is 10.9 Å². The van der Waals surface area contributed by atoms with Crippen molar-refractivity contribution in [2.45, 2.75) is 0 Å². The molecule has 0 saturated heterocycles. The number of carbonyl (C=O) groups is 1. The van der Waals surface area contributed by atoms with Gasteiger partial charge in [0.25, 0.3) is 0 Å². The standard InChI is InChI=1S/C9H9N3O5S/c1-12(17-18(15)16)8-3-5-2-6(9(13)14)11-7(5)4-10-8/h2-4,11H,1H3,(H,13,14)(H,15,16)/p-1. The van der Waals surface area contributed by atoms with Gasteiger partial charge in [0.1, 0.15) is 17.1 Å². The summed E-state index contributed by atoms with van der Waals surface area (Å²) in [4.78, 5) is 17.4. The number of fused-ring (bicyclic) bond motifs is 1. The van der Waals surface area contributed by atoms with E-state index < -0.39 is 17.3 Å². The molecule has 0 radical (unpaired) electrons. The minimum atomic E-state index is -2.70. The van der Waals surface area contributed by atoms with E-state index in [9.17, 15) is 13.6 Å². The second-order valence-corrected chi connectivity index (χ2v) is 3.95. The fourth-order valence-corrected chi connectivity index (χ4v) is 1.70. The molecule has 2 aromatic heterocycles. The highest BCUT2D eigenvalue weighted by Crippen LogP contribution is 2.20. The Morgan fingerprint density at radius 1 is 1.61 bits per heavy atom. The van der Waals surface area contributed by atoms with Crippen LogP contribution >= 0.6 is 0 Å². The number of hydrogen-bond donors (Lipinski definition) is 2. The van der Waals surface area contributed by atoms with Gasteiger partial charge in [0, 0.05) is 12.4 Å². The van der Waals surface area contributed by atoms with E-state index in [0.717, 1.165) is 5.06 Å². The summed E-state index contributed by atoms with van der Waals surface area (Å²) in [6.07, 6.45) is 1.39. The SMILES string of the molecule is CN(OS(=O)[O-])c1cc2cc(C(=O)O)[nH]c2cn1. The quantitative estimate of drug-likeness (QED) is 0.610. The first-order valence-corrected chi connectivity index (χ1v) is 5.71. The number of nitrogens with zero attached hydrogens (tertiary/aromatic N) is 2. The summed E-state index contributed by atoms with van der Waals surface area (Å²) in [6, 6.07) is 2.93. The Morgan fingerprint density at radius 2 is 2.33 bits per heavy atom. The van der Waals surface area contributed by atoms with Crippen LogP contribution in [0.15, 0.2) is 18.3 Å². The third kappa shape index (κ3) is 2.47. The van der Waals surface area contributed by atoms with Crippen LogP contribution in [0.3, 0.4) is 0 Å². The average Bonchev–Trinajstić information content (AvgIpc) is 2.70. The number of carboxylic acid groups (broad SMARTS) is 1. The van der Waals surface area contributed by atoms with Gasteiger partial charge in [-0.15, -0.1) is 0 Å². The molecule has 0 aliphatic carbocycles. The molecule has 96 valence electrons. The molecular weight excluding hydrogens is 262 g/mol. The Kier molecular flexibility index (Phi) is 3.28. The van der Waals surface area contributed by atoms with Crippen LogP contribution in [-0.4, -0.2) is 36.9 Å². The number of anilines is 1. The van der Waals surface area contributed by atoms with E-state index in [4.69, 9.17) is 5.11 Å². The maximum atomic E-state index is 10.8. The van der Waals surface area contributed by atoms with Crippen LogP contribution < -0.4 is 5.06 Å². The summed E-state index contributed by atoms with van der Waals surface area (Å²) in [5.41, 5.74) is 0.563. The van der Waals surface area contributed by atoms with E-state index in [-0.39, 0.29) is 11.5 Å². The van der Waals surface area contributed by atoms with E-state index in [2.05, 4.69) is 14.3 Å². The molecule has 0 fully saturated rings. The Balaban J connectivity index is 2.37. The maximum absolute atomic E-state index is 10.8. The molecule has 0 aliphatic heterocycles. The minimum Gasteiger partial charge on any atom is -0.748 e. The van der Waals surface area contributed by atoms with Gasteiger partial charge in [-0.1, -0.05) is 0 Å². The zero-order valence-electron chi connectivity index (χ0n) is 9.11. The molecule has 0 aromatic carbocycles. The van der Waals surface area contributed by atoms with Gasteiger partial charge in [0.05, 0.1) is 11.7 Å². The topological polar surface area (TPSA) is 119 Å². The molecule has 18 heavy (non-hydrogen) atoms. The number of aromatic nitrogens is 2. The highest BCUT2D eigenvalue weighted by atomic mass is 32.2. The third-order valence-corrected chi connectivity index (χ3v) is 2.56. The molecule has 8 nitrogen and oxygen atoms in total. The van der Waals surface area contributed by atoms with Gasteiger partial charge in [-0.2, -0.15) is 4.28 Å². The summed E-state index contributed by atoms with van der Waals surface area (Å²) >= 11 is -2.70. The van der Waals surface area contributed by atoms with Gasteiger partial charge in [-0.25, -0.2) is 19.1 Å². The predicted molar refractivity (Wildman–Crippen MR) is 61.5 cm³/mol. The van der Waals surface area contributed by atoms with Crippen LogP contribution in [0.1, 0.15) is 10.5 Å². The number of rotatable bonds is 4. The van der Waals surface area contributed by atoms with Crippen molar-refractivity contribution in [2.75, 3.05) is 12.1 Å². The van der Waals surface area contributed by atoms with Crippen LogP contribution in [0.5, 0.6) is 0 Å². The van der Waals surface area contributed by atoms with Crippen molar-refractivity contribution in [3.63, 3.8) is 0 Å². The highest BCUT2D eigenvalue weighted by Gasteiger charge is 2.10. The molecular formula is C9H8N3O5S-. The van der Waals surface area contributed by atoms with E-state index >= 15 is 0 Å². The van der Waals surface area contributed by atoms with Crippen molar-refractivity contribution >= 4 is 34.1 Å². The summed E-state index contributed by atoms with van der Waals surface area (Å²) in [5.74, 6) is -0.847. The Hall–Kier alpha value is -1.97. The van der Waals surface area contributed by atoms with E-state index in [0.29, 0.717) is 10.9 Å². The van der Waals surface area contributed by atoms with Crippen molar-refractivity contribution in [1.29, 1.82) is 0 Å². The second kappa shape index (κ2) is 4.72. The van der Waals surface area contributed by atoms with Gasteiger partial charge in [0.15, 0.2) is 5.82 Å². The van der Waals surface area contributed by atoms with Crippen molar-refractivity contribution in [3.05, 3.63) is 24.0 Å². The first-order chi connectivity index (χ1) is 8.47. The van der Waals surface area contributed by atoms with Crippen molar-refractivity contribution in [2.24, 2.45) is 0 Å². The fraction of sp³-hybridized carbons (Fsp3) is 0.111. The molecule has 2 heterocycles. The lowest BCUT2D eigenvalue weighted by atomic mass is 10.3. The molecule has 1 unspecified atom stereocenters. The average molecular weight is 270 g/mol. The number of hydroxylamine groups is 1. The number of aromatic carboxylic acids is 1. The summed E-state index contributed by atoms with van der Waals surface area (Å²) in [5, 5.41) is 10.4. The van der Waals surface area contributed by atoms with Crippen molar-refractivity contribution in [1.82, 2.24) is 9.97 Å². The highest BCUT2D eigenvalue weighted by molar-refractivity contribution is 7.74. The van der Waals surface area contributed by atoms with E-state index in [1.54, 1.807) is 0 Å². The molecule has 2 rings (SSSR count). The molecule has 0 amide bonds. The molecule has 2 aromatic rings. The predicted octanol–water partition coefficient (Wildman–Crippen LogP) is 0.423. The number of aromatic amines is 1. The molecule has 0 saturated carbocycles. The number of nitrogens with one attached hydrogen (secondary N) is 1.